The first-order valence-electron chi connectivity index (χ1n) is 9.95. The molecule has 1 aromatic heterocycles. The van der Waals surface area contributed by atoms with Crippen LogP contribution in [0.25, 0.3) is 11.3 Å². The number of piperidine rings is 1. The van der Waals surface area contributed by atoms with Crippen molar-refractivity contribution in [1.29, 1.82) is 0 Å². The lowest BCUT2D eigenvalue weighted by atomic mass is 9.99. The molecule has 0 radical (unpaired) electrons. The van der Waals surface area contributed by atoms with Crippen molar-refractivity contribution in [3.63, 3.8) is 0 Å². The zero-order valence-electron chi connectivity index (χ0n) is 16.6. The maximum Gasteiger partial charge on any atom is 0.255 e. The molecule has 0 bridgehead atoms. The van der Waals surface area contributed by atoms with Crippen LogP contribution in [0.2, 0.25) is 10.0 Å². The molecule has 4 rings (SSSR count). The number of hydrogen-bond donors (Lipinski definition) is 1. The molecule has 1 aliphatic rings. The first kappa shape index (κ1) is 20.6. The molecule has 1 N–H and O–H groups in total. The SMILES string of the molecule is CC1CCN(c2ccc(-c3cccc(NC(=O)c4ccc(Cl)c(Cl)c4)c3)nn2)CC1. The lowest BCUT2D eigenvalue weighted by molar-refractivity contribution is 0.102. The van der Waals surface area contributed by atoms with E-state index in [-0.39, 0.29) is 5.91 Å². The highest BCUT2D eigenvalue weighted by atomic mass is 35.5. The zero-order valence-corrected chi connectivity index (χ0v) is 18.1. The average molecular weight is 441 g/mol. The van der Waals surface area contributed by atoms with Crippen LogP contribution in [0.3, 0.4) is 0 Å². The molecule has 154 valence electrons. The Morgan fingerprint density at radius 3 is 2.50 bits per heavy atom. The molecule has 1 fully saturated rings. The van der Waals surface area contributed by atoms with Crippen LogP contribution in [-0.2, 0) is 0 Å². The van der Waals surface area contributed by atoms with Gasteiger partial charge in [0.25, 0.3) is 5.91 Å². The second-order valence-electron chi connectivity index (χ2n) is 7.61. The van der Waals surface area contributed by atoms with Crippen molar-refractivity contribution >= 4 is 40.6 Å². The number of amides is 1. The quantitative estimate of drug-likeness (QED) is 0.545. The summed E-state index contributed by atoms with van der Waals surface area (Å²) in [5, 5.41) is 12.5. The van der Waals surface area contributed by atoms with Gasteiger partial charge in [0, 0.05) is 29.9 Å². The highest BCUT2D eigenvalue weighted by Gasteiger charge is 2.17. The summed E-state index contributed by atoms with van der Waals surface area (Å²) in [4.78, 5) is 14.8. The van der Waals surface area contributed by atoms with Gasteiger partial charge in [-0.05, 0) is 61.2 Å². The highest BCUT2D eigenvalue weighted by Crippen LogP contribution is 2.26. The van der Waals surface area contributed by atoms with Crippen molar-refractivity contribution in [2.24, 2.45) is 5.92 Å². The lowest BCUT2D eigenvalue weighted by Crippen LogP contribution is -2.33. The van der Waals surface area contributed by atoms with Crippen LogP contribution in [0.15, 0.2) is 54.6 Å². The van der Waals surface area contributed by atoms with Crippen LogP contribution in [-0.4, -0.2) is 29.2 Å². The normalized spacial score (nSPS) is 14.6. The van der Waals surface area contributed by atoms with Crippen molar-refractivity contribution in [3.05, 3.63) is 70.2 Å². The van der Waals surface area contributed by atoms with Gasteiger partial charge in [0.15, 0.2) is 5.82 Å². The van der Waals surface area contributed by atoms with Gasteiger partial charge >= 0.3 is 0 Å². The Morgan fingerprint density at radius 2 is 1.80 bits per heavy atom. The monoisotopic (exact) mass is 440 g/mol. The molecule has 1 saturated heterocycles. The summed E-state index contributed by atoms with van der Waals surface area (Å²) in [5.74, 6) is 1.43. The summed E-state index contributed by atoms with van der Waals surface area (Å²) in [5.41, 5.74) is 2.75. The van der Waals surface area contributed by atoms with Gasteiger partial charge in [0.1, 0.15) is 0 Å². The summed E-state index contributed by atoms with van der Waals surface area (Å²) in [6.07, 6.45) is 2.37. The average Bonchev–Trinajstić information content (AvgIpc) is 2.76. The number of carbonyl (C=O) groups is 1. The third kappa shape index (κ3) is 4.74. The smallest absolute Gasteiger partial charge is 0.255 e. The zero-order chi connectivity index (χ0) is 21.1. The molecule has 5 nitrogen and oxygen atoms in total. The minimum Gasteiger partial charge on any atom is -0.355 e. The van der Waals surface area contributed by atoms with Gasteiger partial charge in [-0.15, -0.1) is 10.2 Å². The van der Waals surface area contributed by atoms with E-state index in [0.717, 1.165) is 36.1 Å². The Morgan fingerprint density at radius 1 is 1.00 bits per heavy atom. The van der Waals surface area contributed by atoms with Gasteiger partial charge in [-0.3, -0.25) is 4.79 Å². The molecular weight excluding hydrogens is 419 g/mol. The van der Waals surface area contributed by atoms with Gasteiger partial charge in [-0.2, -0.15) is 0 Å². The molecule has 2 aromatic carbocycles. The third-order valence-electron chi connectivity index (χ3n) is 5.36. The van der Waals surface area contributed by atoms with E-state index in [9.17, 15) is 4.79 Å². The summed E-state index contributed by atoms with van der Waals surface area (Å²) in [6.45, 7) is 4.33. The van der Waals surface area contributed by atoms with Crippen LogP contribution in [0, 0.1) is 5.92 Å². The number of rotatable bonds is 4. The van der Waals surface area contributed by atoms with E-state index in [2.05, 4.69) is 27.3 Å². The van der Waals surface area contributed by atoms with Crippen molar-refractivity contribution in [3.8, 4) is 11.3 Å². The maximum atomic E-state index is 12.5. The number of hydrogen-bond acceptors (Lipinski definition) is 4. The number of carbonyl (C=O) groups excluding carboxylic acids is 1. The van der Waals surface area contributed by atoms with Crippen molar-refractivity contribution in [2.45, 2.75) is 19.8 Å². The number of halogens is 2. The Hall–Kier alpha value is -2.63. The summed E-state index contributed by atoms with van der Waals surface area (Å²) < 4.78 is 0. The van der Waals surface area contributed by atoms with Gasteiger partial charge in [-0.25, -0.2) is 0 Å². The van der Waals surface area contributed by atoms with Crippen LogP contribution >= 0.6 is 23.2 Å². The van der Waals surface area contributed by atoms with Crippen LogP contribution in [0.5, 0.6) is 0 Å². The van der Waals surface area contributed by atoms with Crippen LogP contribution in [0.4, 0.5) is 11.5 Å². The molecule has 0 atom stereocenters. The Bertz CT molecular complexity index is 1050. The molecule has 1 aliphatic heterocycles. The van der Waals surface area contributed by atoms with E-state index in [1.807, 2.05) is 36.4 Å². The van der Waals surface area contributed by atoms with Crippen molar-refractivity contribution in [2.75, 3.05) is 23.3 Å². The largest absolute Gasteiger partial charge is 0.355 e. The van der Waals surface area contributed by atoms with Crippen molar-refractivity contribution in [1.82, 2.24) is 10.2 Å². The van der Waals surface area contributed by atoms with Crippen molar-refractivity contribution < 1.29 is 4.79 Å². The summed E-state index contributed by atoms with van der Waals surface area (Å²) in [6, 6.07) is 16.3. The molecule has 0 aliphatic carbocycles. The highest BCUT2D eigenvalue weighted by molar-refractivity contribution is 6.42. The van der Waals surface area contributed by atoms with E-state index in [1.54, 1.807) is 18.2 Å². The van der Waals surface area contributed by atoms with Gasteiger partial charge in [0.05, 0.1) is 15.7 Å². The second kappa shape index (κ2) is 9.02. The predicted molar refractivity (Wildman–Crippen MR) is 122 cm³/mol. The van der Waals surface area contributed by atoms with Gasteiger partial charge in [0.2, 0.25) is 0 Å². The number of nitrogens with one attached hydrogen (secondary N) is 1. The molecule has 3 aromatic rings. The van der Waals surface area contributed by atoms with Crippen LogP contribution in [0.1, 0.15) is 30.1 Å². The molecule has 0 saturated carbocycles. The number of benzene rings is 2. The fraction of sp³-hybridized carbons (Fsp3) is 0.261. The minimum atomic E-state index is -0.258. The number of aromatic nitrogens is 2. The molecule has 0 unspecified atom stereocenters. The predicted octanol–water partition coefficient (Wildman–Crippen LogP) is 5.94. The number of anilines is 2. The van der Waals surface area contributed by atoms with Crippen LogP contribution < -0.4 is 10.2 Å². The summed E-state index contributed by atoms with van der Waals surface area (Å²) in [7, 11) is 0. The first-order valence-corrected chi connectivity index (χ1v) is 10.7. The molecular formula is C23H22Cl2N4O. The van der Waals surface area contributed by atoms with E-state index in [4.69, 9.17) is 23.2 Å². The molecule has 7 heteroatoms. The third-order valence-corrected chi connectivity index (χ3v) is 6.10. The maximum absolute atomic E-state index is 12.5. The van der Waals surface area contributed by atoms with Gasteiger partial charge in [-0.1, -0.05) is 42.3 Å². The first-order chi connectivity index (χ1) is 14.5. The van der Waals surface area contributed by atoms with E-state index in [1.165, 1.54) is 12.8 Å². The fourth-order valence-corrected chi connectivity index (χ4v) is 3.78. The molecule has 2 heterocycles. The molecule has 0 spiro atoms. The topological polar surface area (TPSA) is 58.1 Å². The standard InChI is InChI=1S/C23H22Cl2N4O/c1-15-9-11-29(12-10-15)22-8-7-21(27-28-22)16-3-2-4-18(13-16)26-23(30)17-5-6-19(24)20(25)14-17/h2-8,13-15H,9-12H2,1H3,(H,26,30). The number of nitrogens with zero attached hydrogens (tertiary/aromatic N) is 3. The second-order valence-corrected chi connectivity index (χ2v) is 8.42. The Kier molecular flexibility index (Phi) is 6.21. The van der Waals surface area contributed by atoms with Gasteiger partial charge < -0.3 is 10.2 Å². The fourth-order valence-electron chi connectivity index (χ4n) is 3.48. The minimum absolute atomic E-state index is 0.258. The summed E-state index contributed by atoms with van der Waals surface area (Å²) >= 11 is 11.9. The van der Waals surface area contributed by atoms with E-state index in [0.29, 0.717) is 21.3 Å². The molecule has 30 heavy (non-hydrogen) atoms. The van der Waals surface area contributed by atoms with E-state index < -0.39 is 0 Å². The Balaban J connectivity index is 1.47. The van der Waals surface area contributed by atoms with E-state index >= 15 is 0 Å². The molecule has 1 amide bonds. The lowest BCUT2D eigenvalue weighted by Gasteiger charge is -2.30. The Labute approximate surface area is 186 Å².